The molecule has 0 aliphatic rings. The first-order chi connectivity index (χ1) is 11.8. The molecule has 25 heavy (non-hydrogen) atoms. The molecule has 1 amide bonds. The van der Waals surface area contributed by atoms with Crippen molar-refractivity contribution < 1.29 is 19.1 Å². The van der Waals surface area contributed by atoms with Crippen LogP contribution in [-0.4, -0.2) is 25.1 Å². The van der Waals surface area contributed by atoms with Crippen molar-refractivity contribution in [1.82, 2.24) is 0 Å². The second-order valence-electron chi connectivity index (χ2n) is 5.35. The van der Waals surface area contributed by atoms with Crippen LogP contribution >= 0.6 is 23.2 Å². The van der Waals surface area contributed by atoms with Gasteiger partial charge in [0.05, 0.1) is 23.4 Å². The van der Waals surface area contributed by atoms with Gasteiger partial charge in [0.15, 0.2) is 6.10 Å². The van der Waals surface area contributed by atoms with Gasteiger partial charge in [-0.1, -0.05) is 29.3 Å². The third-order valence-corrected chi connectivity index (χ3v) is 4.03. The van der Waals surface area contributed by atoms with E-state index in [2.05, 4.69) is 5.32 Å². The number of methoxy groups -OCH3 is 1. The Labute approximate surface area is 155 Å². The molecule has 5 nitrogen and oxygen atoms in total. The van der Waals surface area contributed by atoms with Crippen molar-refractivity contribution in [2.75, 3.05) is 12.4 Å². The highest BCUT2D eigenvalue weighted by Crippen LogP contribution is 2.25. The molecule has 2 rings (SSSR count). The van der Waals surface area contributed by atoms with E-state index in [4.69, 9.17) is 32.7 Å². The summed E-state index contributed by atoms with van der Waals surface area (Å²) in [6.07, 6.45) is -1.01. The average molecular weight is 382 g/mol. The summed E-state index contributed by atoms with van der Waals surface area (Å²) < 4.78 is 10.4. The summed E-state index contributed by atoms with van der Waals surface area (Å²) in [4.78, 5) is 24.4. The first kappa shape index (κ1) is 19.1. The molecule has 0 bridgehead atoms. The van der Waals surface area contributed by atoms with Gasteiger partial charge in [-0.2, -0.15) is 0 Å². The van der Waals surface area contributed by atoms with E-state index in [9.17, 15) is 9.59 Å². The Morgan fingerprint density at radius 2 is 1.84 bits per heavy atom. The Morgan fingerprint density at radius 1 is 1.12 bits per heavy atom. The van der Waals surface area contributed by atoms with Gasteiger partial charge in [0, 0.05) is 5.02 Å². The quantitative estimate of drug-likeness (QED) is 0.774. The molecule has 0 saturated heterocycles. The molecule has 1 atom stereocenters. The second kappa shape index (κ2) is 8.23. The lowest BCUT2D eigenvalue weighted by Gasteiger charge is -2.15. The van der Waals surface area contributed by atoms with Gasteiger partial charge in [-0.25, -0.2) is 4.79 Å². The van der Waals surface area contributed by atoms with E-state index in [1.165, 1.54) is 20.1 Å². The minimum Gasteiger partial charge on any atom is -0.496 e. The predicted molar refractivity (Wildman–Crippen MR) is 97.7 cm³/mol. The van der Waals surface area contributed by atoms with E-state index >= 15 is 0 Å². The van der Waals surface area contributed by atoms with Crippen molar-refractivity contribution in [2.24, 2.45) is 0 Å². The largest absolute Gasteiger partial charge is 0.496 e. The highest BCUT2D eigenvalue weighted by Gasteiger charge is 2.20. The third kappa shape index (κ3) is 4.87. The Kier molecular flexibility index (Phi) is 6.28. The monoisotopic (exact) mass is 381 g/mol. The van der Waals surface area contributed by atoms with Crippen LogP contribution in [0.2, 0.25) is 10.0 Å². The number of hydrogen-bond acceptors (Lipinski definition) is 4. The maximum Gasteiger partial charge on any atom is 0.339 e. The molecule has 0 heterocycles. The normalized spacial score (nSPS) is 11.6. The number of amides is 1. The predicted octanol–water partition coefficient (Wildman–Crippen LogP) is 4.49. The first-order valence-electron chi connectivity index (χ1n) is 7.43. The van der Waals surface area contributed by atoms with Crippen LogP contribution in [-0.2, 0) is 9.53 Å². The lowest BCUT2D eigenvalue weighted by molar-refractivity contribution is -0.123. The van der Waals surface area contributed by atoms with Crippen molar-refractivity contribution in [1.29, 1.82) is 0 Å². The fourth-order valence-electron chi connectivity index (χ4n) is 2.05. The lowest BCUT2D eigenvalue weighted by atomic mass is 10.1. The van der Waals surface area contributed by atoms with E-state index in [0.717, 1.165) is 5.56 Å². The van der Waals surface area contributed by atoms with Gasteiger partial charge in [-0.05, 0) is 49.7 Å². The van der Waals surface area contributed by atoms with Crippen LogP contribution in [0.1, 0.15) is 22.8 Å². The number of ether oxygens (including phenoxy) is 2. The average Bonchev–Trinajstić information content (AvgIpc) is 2.57. The zero-order valence-corrected chi connectivity index (χ0v) is 15.4. The number of benzene rings is 2. The van der Waals surface area contributed by atoms with Gasteiger partial charge in [0.25, 0.3) is 5.91 Å². The number of anilines is 1. The van der Waals surface area contributed by atoms with Gasteiger partial charge in [-0.3, -0.25) is 4.79 Å². The zero-order valence-electron chi connectivity index (χ0n) is 13.9. The van der Waals surface area contributed by atoms with Crippen LogP contribution in [0.4, 0.5) is 5.69 Å². The molecule has 0 radical (unpaired) electrons. The number of nitrogens with one attached hydrogen (secondary N) is 1. The maximum absolute atomic E-state index is 12.2. The van der Waals surface area contributed by atoms with E-state index in [1.54, 1.807) is 30.3 Å². The zero-order chi connectivity index (χ0) is 18.6. The second-order valence-corrected chi connectivity index (χ2v) is 6.19. The van der Waals surface area contributed by atoms with Gasteiger partial charge < -0.3 is 14.8 Å². The molecule has 0 spiro atoms. The van der Waals surface area contributed by atoms with Gasteiger partial charge in [0.2, 0.25) is 0 Å². The van der Waals surface area contributed by atoms with Crippen LogP contribution in [0.15, 0.2) is 36.4 Å². The molecule has 2 aromatic carbocycles. The maximum atomic E-state index is 12.2. The number of esters is 1. The van der Waals surface area contributed by atoms with Gasteiger partial charge in [-0.15, -0.1) is 0 Å². The molecular formula is C18H17Cl2NO4. The molecule has 0 fully saturated rings. The number of carbonyl (C=O) groups excluding carboxylic acids is 2. The summed E-state index contributed by atoms with van der Waals surface area (Å²) >= 11 is 11.8. The Hall–Kier alpha value is -2.24. The molecule has 2 aromatic rings. The molecule has 0 aromatic heterocycles. The summed E-state index contributed by atoms with van der Waals surface area (Å²) in [6.45, 7) is 3.34. The highest BCUT2D eigenvalue weighted by atomic mass is 35.5. The summed E-state index contributed by atoms with van der Waals surface area (Å²) in [5.41, 5.74) is 1.57. The number of aryl methyl sites for hydroxylation is 1. The topological polar surface area (TPSA) is 64.6 Å². The SMILES string of the molecule is COc1cc(C(=O)O[C@@H](C)C(=O)Nc2ccc(Cl)cc2Cl)ccc1C. The van der Waals surface area contributed by atoms with Crippen LogP contribution in [0.25, 0.3) is 0 Å². The van der Waals surface area contributed by atoms with Crippen molar-refractivity contribution in [3.05, 3.63) is 57.6 Å². The molecule has 0 aliphatic heterocycles. The molecule has 0 unspecified atom stereocenters. The minimum absolute atomic E-state index is 0.294. The molecular weight excluding hydrogens is 365 g/mol. The van der Waals surface area contributed by atoms with Crippen molar-refractivity contribution in [3.63, 3.8) is 0 Å². The number of carbonyl (C=O) groups is 2. The fourth-order valence-corrected chi connectivity index (χ4v) is 2.51. The molecule has 0 aliphatic carbocycles. The fraction of sp³-hybridized carbons (Fsp3) is 0.222. The third-order valence-electron chi connectivity index (χ3n) is 3.49. The number of hydrogen-bond donors (Lipinski definition) is 1. The van der Waals surface area contributed by atoms with E-state index in [1.807, 2.05) is 6.92 Å². The summed E-state index contributed by atoms with van der Waals surface area (Å²) in [5.74, 6) is -0.556. The Bertz CT molecular complexity index is 808. The minimum atomic E-state index is -1.01. The summed E-state index contributed by atoms with van der Waals surface area (Å²) in [7, 11) is 1.52. The standard InChI is InChI=1S/C18H17Cl2NO4/c1-10-4-5-12(8-16(10)24-3)18(23)25-11(2)17(22)21-15-7-6-13(19)9-14(15)20/h4-9,11H,1-3H3,(H,21,22)/t11-/m0/s1. The van der Waals surface area contributed by atoms with Crippen LogP contribution in [0.5, 0.6) is 5.75 Å². The van der Waals surface area contributed by atoms with E-state index in [0.29, 0.717) is 27.0 Å². The van der Waals surface area contributed by atoms with Crippen LogP contribution in [0, 0.1) is 6.92 Å². The molecule has 0 saturated carbocycles. The Balaban J connectivity index is 2.04. The summed E-state index contributed by atoms with van der Waals surface area (Å²) in [6, 6.07) is 9.60. The smallest absolute Gasteiger partial charge is 0.339 e. The van der Waals surface area contributed by atoms with Crippen molar-refractivity contribution >= 4 is 40.8 Å². The Morgan fingerprint density at radius 3 is 2.48 bits per heavy atom. The lowest BCUT2D eigenvalue weighted by Crippen LogP contribution is -2.30. The van der Waals surface area contributed by atoms with Crippen molar-refractivity contribution in [2.45, 2.75) is 20.0 Å². The molecule has 1 N–H and O–H groups in total. The first-order valence-corrected chi connectivity index (χ1v) is 8.19. The van der Waals surface area contributed by atoms with Crippen LogP contribution in [0.3, 0.4) is 0 Å². The van der Waals surface area contributed by atoms with Crippen molar-refractivity contribution in [3.8, 4) is 5.75 Å². The molecule has 132 valence electrons. The van der Waals surface area contributed by atoms with E-state index < -0.39 is 18.0 Å². The number of rotatable bonds is 5. The van der Waals surface area contributed by atoms with Gasteiger partial charge >= 0.3 is 5.97 Å². The highest BCUT2D eigenvalue weighted by molar-refractivity contribution is 6.36. The van der Waals surface area contributed by atoms with E-state index in [-0.39, 0.29) is 0 Å². The summed E-state index contributed by atoms with van der Waals surface area (Å²) in [5, 5.41) is 3.34. The van der Waals surface area contributed by atoms with Gasteiger partial charge in [0.1, 0.15) is 5.75 Å². The van der Waals surface area contributed by atoms with Crippen LogP contribution < -0.4 is 10.1 Å². The number of halogens is 2. The molecule has 7 heteroatoms.